The van der Waals surface area contributed by atoms with E-state index >= 15 is 0 Å². The van der Waals surface area contributed by atoms with Gasteiger partial charge in [-0.25, -0.2) is 9.78 Å². The van der Waals surface area contributed by atoms with Crippen molar-refractivity contribution in [3.63, 3.8) is 0 Å². The fraction of sp³-hybridized carbons (Fsp3) is 0.346. The Balaban J connectivity index is 1.78. The first-order chi connectivity index (χ1) is 17.7. The monoisotopic (exact) mass is 525 g/mol. The molecular weight excluding hydrogens is 494 g/mol. The number of ether oxygens (including phenoxy) is 1. The van der Waals surface area contributed by atoms with E-state index < -0.39 is 29.5 Å². The largest absolute Gasteiger partial charge is 0.453 e. The first-order valence-electron chi connectivity index (χ1n) is 11.9. The van der Waals surface area contributed by atoms with E-state index in [2.05, 4.69) is 35.3 Å². The third-order valence-electron chi connectivity index (χ3n) is 5.45. The van der Waals surface area contributed by atoms with E-state index in [9.17, 15) is 19.2 Å². The number of fused-ring (bicyclic) bond motifs is 1. The normalized spacial score (nSPS) is 12.1. The molecule has 10 nitrogen and oxygen atoms in total. The van der Waals surface area contributed by atoms with E-state index in [4.69, 9.17) is 10.7 Å². The van der Waals surface area contributed by atoms with Crippen LogP contribution in [0.15, 0.2) is 53.5 Å². The van der Waals surface area contributed by atoms with Gasteiger partial charge < -0.3 is 25.7 Å². The van der Waals surface area contributed by atoms with Crippen molar-refractivity contribution in [2.75, 3.05) is 12.4 Å². The van der Waals surface area contributed by atoms with Crippen LogP contribution >= 0.6 is 11.3 Å². The number of nitrogens with one attached hydrogen (secondary N) is 2. The number of carbonyl (C=O) groups excluding carboxylic acids is 3. The molecule has 0 aliphatic rings. The number of pyridine rings is 1. The Hall–Kier alpha value is -3.99. The molecule has 3 rings (SSSR count). The first-order valence-corrected chi connectivity index (χ1v) is 12.7. The molecule has 11 heteroatoms. The van der Waals surface area contributed by atoms with Crippen molar-refractivity contribution in [3.8, 4) is 0 Å². The van der Waals surface area contributed by atoms with Crippen LogP contribution in [0.3, 0.4) is 0 Å². The molecule has 2 aromatic heterocycles. The smallest absolute Gasteiger partial charge is 0.407 e. The van der Waals surface area contributed by atoms with Gasteiger partial charge in [-0.2, -0.15) is 0 Å². The van der Waals surface area contributed by atoms with Crippen molar-refractivity contribution in [2.45, 2.75) is 45.7 Å². The second kappa shape index (κ2) is 12.8. The lowest BCUT2D eigenvalue weighted by molar-refractivity contribution is -0.118. The summed E-state index contributed by atoms with van der Waals surface area (Å²) in [5.41, 5.74) is 6.88. The summed E-state index contributed by atoms with van der Waals surface area (Å²) >= 11 is 1.56. The molecule has 196 valence electrons. The van der Waals surface area contributed by atoms with Gasteiger partial charge in [0, 0.05) is 6.20 Å². The summed E-state index contributed by atoms with van der Waals surface area (Å²) in [5, 5.41) is 5.82. The van der Waals surface area contributed by atoms with Gasteiger partial charge in [0.25, 0.3) is 5.56 Å². The van der Waals surface area contributed by atoms with Crippen molar-refractivity contribution >= 4 is 45.1 Å². The zero-order chi connectivity index (χ0) is 26.9. The maximum atomic E-state index is 13.1. The summed E-state index contributed by atoms with van der Waals surface area (Å²) in [5.74, 6) is -0.696. The molecule has 0 bridgehead atoms. The van der Waals surface area contributed by atoms with Crippen molar-refractivity contribution in [1.82, 2.24) is 14.9 Å². The molecule has 2 heterocycles. The highest BCUT2D eigenvalue weighted by Gasteiger charge is 2.22. The number of nitrogens with zero attached hydrogens (tertiary/aromatic N) is 2. The fourth-order valence-corrected chi connectivity index (χ4v) is 4.86. The van der Waals surface area contributed by atoms with Crippen molar-refractivity contribution in [2.24, 2.45) is 11.7 Å². The molecular formula is C26H31N5O5S. The Morgan fingerprint density at radius 1 is 1.22 bits per heavy atom. The molecule has 37 heavy (non-hydrogen) atoms. The number of primary amides is 1. The summed E-state index contributed by atoms with van der Waals surface area (Å²) in [4.78, 5) is 53.3. The SMILES string of the molecule is COC(=O)NC(CC/C=C/C(N)=O)C(=O)Nc1cccn(Cc2nc3cccc(CC(C)C)c3s2)c1=O. The molecule has 1 atom stereocenters. The van der Waals surface area contributed by atoms with E-state index in [1.807, 2.05) is 12.1 Å². The maximum Gasteiger partial charge on any atom is 0.407 e. The fourth-order valence-electron chi connectivity index (χ4n) is 3.77. The molecule has 0 spiro atoms. The molecule has 0 fully saturated rings. The minimum atomic E-state index is -0.998. The predicted octanol–water partition coefficient (Wildman–Crippen LogP) is 3.19. The van der Waals surface area contributed by atoms with Crippen LogP contribution in [-0.2, 0) is 27.3 Å². The number of thiazole rings is 1. The maximum absolute atomic E-state index is 13.1. The van der Waals surface area contributed by atoms with Gasteiger partial charge in [0.2, 0.25) is 11.8 Å². The van der Waals surface area contributed by atoms with Crippen LogP contribution < -0.4 is 21.9 Å². The van der Waals surface area contributed by atoms with Gasteiger partial charge in [0.05, 0.1) is 23.9 Å². The van der Waals surface area contributed by atoms with Crippen LogP contribution in [0.4, 0.5) is 10.5 Å². The molecule has 3 aromatic rings. The number of anilines is 1. The molecule has 0 radical (unpaired) electrons. The van der Waals surface area contributed by atoms with Crippen molar-refractivity contribution in [3.05, 3.63) is 69.6 Å². The van der Waals surface area contributed by atoms with Crippen LogP contribution in [0.5, 0.6) is 0 Å². The number of allylic oxidation sites excluding steroid dienone is 1. The summed E-state index contributed by atoms with van der Waals surface area (Å²) in [6.07, 6.45) is 4.92. The Bertz CT molecular complexity index is 1360. The number of aromatic nitrogens is 2. The molecule has 4 N–H and O–H groups in total. The Morgan fingerprint density at radius 3 is 2.70 bits per heavy atom. The van der Waals surface area contributed by atoms with Crippen molar-refractivity contribution < 1.29 is 19.1 Å². The van der Waals surface area contributed by atoms with Gasteiger partial charge in [0.15, 0.2) is 0 Å². The second-order valence-electron chi connectivity index (χ2n) is 8.89. The Kier molecular flexibility index (Phi) is 9.56. The molecule has 0 aliphatic carbocycles. The van der Waals surface area contributed by atoms with E-state index in [1.165, 1.54) is 35.5 Å². The Morgan fingerprint density at radius 2 is 2.00 bits per heavy atom. The van der Waals surface area contributed by atoms with Crippen LogP contribution in [-0.4, -0.2) is 40.6 Å². The highest BCUT2D eigenvalue weighted by atomic mass is 32.1. The summed E-state index contributed by atoms with van der Waals surface area (Å²) in [7, 11) is 1.18. The zero-order valence-electron chi connectivity index (χ0n) is 21.0. The average Bonchev–Trinajstić information content (AvgIpc) is 3.26. The van der Waals surface area contributed by atoms with Gasteiger partial charge in [-0.1, -0.05) is 32.1 Å². The van der Waals surface area contributed by atoms with Crippen molar-refractivity contribution in [1.29, 1.82) is 0 Å². The van der Waals surface area contributed by atoms with Gasteiger partial charge in [-0.15, -0.1) is 11.3 Å². The highest BCUT2D eigenvalue weighted by molar-refractivity contribution is 7.18. The summed E-state index contributed by atoms with van der Waals surface area (Å²) in [6.45, 7) is 4.59. The molecule has 0 saturated heterocycles. The zero-order valence-corrected chi connectivity index (χ0v) is 21.8. The molecule has 3 amide bonds. The molecule has 1 unspecified atom stereocenters. The lowest BCUT2D eigenvalue weighted by Crippen LogP contribution is -2.44. The standard InChI is InChI=1S/C26H31N5O5S/c1-16(2)14-17-8-6-10-18-23(17)37-22(28-18)15-31-13-7-11-20(25(31)34)29-24(33)19(30-26(35)36-3)9-4-5-12-21(27)32/h5-8,10-13,16,19H,4,9,14-15H2,1-3H3,(H2,27,32)(H,29,33)(H,30,35)/b12-5+. The average molecular weight is 526 g/mol. The van der Waals surface area contributed by atoms with E-state index in [0.717, 1.165) is 21.6 Å². The third-order valence-corrected chi connectivity index (χ3v) is 6.58. The van der Waals surface area contributed by atoms with Gasteiger partial charge in [-0.3, -0.25) is 14.4 Å². The summed E-state index contributed by atoms with van der Waals surface area (Å²) < 4.78 is 7.19. The molecule has 1 aromatic carbocycles. The highest BCUT2D eigenvalue weighted by Crippen LogP contribution is 2.28. The number of alkyl carbamates (subject to hydrolysis) is 1. The van der Waals surface area contributed by atoms with Crippen LogP contribution in [0, 0.1) is 5.92 Å². The number of methoxy groups -OCH3 is 1. The van der Waals surface area contributed by atoms with Crippen LogP contribution in [0.2, 0.25) is 0 Å². The molecule has 0 aliphatic heterocycles. The van der Waals surface area contributed by atoms with Crippen LogP contribution in [0.1, 0.15) is 37.3 Å². The van der Waals surface area contributed by atoms with Gasteiger partial charge >= 0.3 is 6.09 Å². The van der Waals surface area contributed by atoms with E-state index in [0.29, 0.717) is 12.3 Å². The number of carbonyl (C=O) groups is 3. The lowest BCUT2D eigenvalue weighted by atomic mass is 10.0. The predicted molar refractivity (Wildman–Crippen MR) is 143 cm³/mol. The van der Waals surface area contributed by atoms with E-state index in [1.54, 1.807) is 23.6 Å². The second-order valence-corrected chi connectivity index (χ2v) is 9.97. The van der Waals surface area contributed by atoms with E-state index in [-0.39, 0.29) is 18.7 Å². The lowest BCUT2D eigenvalue weighted by Gasteiger charge is -2.17. The van der Waals surface area contributed by atoms with Gasteiger partial charge in [0.1, 0.15) is 16.7 Å². The number of benzene rings is 1. The summed E-state index contributed by atoms with van der Waals surface area (Å²) in [6, 6.07) is 8.22. The topological polar surface area (TPSA) is 145 Å². The minimum absolute atomic E-state index is 0.0680. The first kappa shape index (κ1) is 27.6. The molecule has 0 saturated carbocycles. The Labute approximate surface area is 218 Å². The number of nitrogens with two attached hydrogens (primary N) is 1. The number of rotatable bonds is 11. The quantitative estimate of drug-likeness (QED) is 0.328. The van der Waals surface area contributed by atoms with Gasteiger partial charge in [-0.05, 0) is 55.0 Å². The third kappa shape index (κ3) is 7.74. The number of amides is 3. The number of hydrogen-bond acceptors (Lipinski definition) is 7. The number of hydrogen-bond donors (Lipinski definition) is 3. The minimum Gasteiger partial charge on any atom is -0.453 e. The van der Waals surface area contributed by atoms with Crippen LogP contribution in [0.25, 0.3) is 10.2 Å².